The van der Waals surface area contributed by atoms with Gasteiger partial charge >= 0.3 is 0 Å². The zero-order chi connectivity index (χ0) is 22.7. The van der Waals surface area contributed by atoms with E-state index < -0.39 is 5.41 Å². The van der Waals surface area contributed by atoms with Crippen LogP contribution in [-0.4, -0.2) is 16.9 Å². The molecule has 5 rings (SSSR count). The maximum atomic E-state index is 14.7. The standard InChI is InChI=1S/C26H27FN4O/c1-5-26(17-8-6-7-16(10-17)18-9-15(2)28-14-20(18)27)19-13-29-31-24(19)30-21-11-25(3,4)12-22(32)23(21)26/h6-10,13-14,24,30H,5,11-12H2,1-4H3/t24?,26-/m1/s1. The molecule has 0 fully saturated rings. The number of hydrogen-bond donors (Lipinski definition) is 1. The second kappa shape index (κ2) is 7.19. The minimum absolute atomic E-state index is 0.112. The van der Waals surface area contributed by atoms with Crippen molar-refractivity contribution in [1.29, 1.82) is 0 Å². The van der Waals surface area contributed by atoms with Gasteiger partial charge in [-0.1, -0.05) is 39.0 Å². The number of ketones is 1. The number of azo groups is 1. The molecule has 0 saturated heterocycles. The quantitative estimate of drug-likeness (QED) is 0.673. The largest absolute Gasteiger partial charge is 0.362 e. The predicted molar refractivity (Wildman–Crippen MR) is 121 cm³/mol. The number of nitrogens with one attached hydrogen (secondary N) is 1. The monoisotopic (exact) mass is 430 g/mol. The summed E-state index contributed by atoms with van der Waals surface area (Å²) in [4.78, 5) is 17.6. The number of hydrogen-bond acceptors (Lipinski definition) is 5. The van der Waals surface area contributed by atoms with Gasteiger partial charge in [-0.3, -0.25) is 9.78 Å². The Hall–Kier alpha value is -3.15. The molecule has 3 heterocycles. The van der Waals surface area contributed by atoms with Crippen LogP contribution >= 0.6 is 0 Å². The van der Waals surface area contributed by atoms with Gasteiger partial charge in [0.05, 0.1) is 17.8 Å². The molecular formula is C26H27FN4O. The molecule has 2 aliphatic heterocycles. The van der Waals surface area contributed by atoms with Gasteiger partial charge in [-0.25, -0.2) is 4.39 Å². The highest BCUT2D eigenvalue weighted by molar-refractivity contribution is 6.01. The van der Waals surface area contributed by atoms with Crippen LogP contribution in [0, 0.1) is 18.2 Å². The number of carbonyl (C=O) groups is 1. The minimum Gasteiger partial charge on any atom is -0.362 e. The number of rotatable bonds is 3. The number of pyridine rings is 1. The van der Waals surface area contributed by atoms with Crippen LogP contribution < -0.4 is 5.32 Å². The molecule has 0 radical (unpaired) electrons. The molecule has 1 aromatic heterocycles. The topological polar surface area (TPSA) is 66.7 Å². The lowest BCUT2D eigenvalue weighted by atomic mass is 9.58. The third-order valence-corrected chi connectivity index (χ3v) is 6.97. The van der Waals surface area contributed by atoms with Crippen molar-refractivity contribution < 1.29 is 9.18 Å². The van der Waals surface area contributed by atoms with E-state index in [1.54, 1.807) is 12.3 Å². The van der Waals surface area contributed by atoms with E-state index in [-0.39, 0.29) is 23.2 Å². The van der Waals surface area contributed by atoms with Crippen molar-refractivity contribution in [3.05, 3.63) is 76.6 Å². The molecule has 6 heteroatoms. The maximum absolute atomic E-state index is 14.7. The molecular weight excluding hydrogens is 403 g/mol. The van der Waals surface area contributed by atoms with Crippen molar-refractivity contribution >= 4 is 5.78 Å². The van der Waals surface area contributed by atoms with Crippen molar-refractivity contribution in [3.63, 3.8) is 0 Å². The molecule has 3 aliphatic rings. The fraction of sp³-hybridized carbons (Fsp3) is 0.385. The molecule has 0 spiro atoms. The van der Waals surface area contributed by atoms with Crippen molar-refractivity contribution in [2.75, 3.05) is 0 Å². The zero-order valence-corrected chi connectivity index (χ0v) is 18.9. The average Bonchev–Trinajstić information content (AvgIpc) is 3.22. The molecule has 2 aromatic rings. The first-order valence-electron chi connectivity index (χ1n) is 11.1. The molecule has 0 saturated carbocycles. The molecule has 1 aliphatic carbocycles. The van der Waals surface area contributed by atoms with Gasteiger partial charge in [-0.05, 0) is 48.4 Å². The van der Waals surface area contributed by atoms with E-state index in [1.807, 2.05) is 31.2 Å². The molecule has 2 atom stereocenters. The van der Waals surface area contributed by atoms with Crippen LogP contribution in [0.5, 0.6) is 0 Å². The fourth-order valence-corrected chi connectivity index (χ4v) is 5.61. The SMILES string of the molecule is CC[C@@]1(c2cccc(-c3cc(C)ncc3F)c2)C2=CN=NC2NC2=C1C(=O)CC(C)(C)C2. The van der Waals surface area contributed by atoms with Crippen LogP contribution in [0.25, 0.3) is 11.1 Å². The van der Waals surface area contributed by atoms with Crippen molar-refractivity contribution in [2.45, 2.75) is 58.5 Å². The van der Waals surface area contributed by atoms with E-state index in [1.165, 1.54) is 6.20 Å². The first-order chi connectivity index (χ1) is 15.2. The van der Waals surface area contributed by atoms with Crippen molar-refractivity contribution in [1.82, 2.24) is 10.3 Å². The number of halogens is 1. The zero-order valence-electron chi connectivity index (χ0n) is 18.9. The molecule has 5 nitrogen and oxygen atoms in total. The Bertz CT molecular complexity index is 1230. The molecule has 1 N–H and O–H groups in total. The van der Waals surface area contributed by atoms with Crippen LogP contribution in [0.4, 0.5) is 4.39 Å². The number of Topliss-reactive ketones (excluding diaryl/α,β-unsaturated/α-hetero) is 1. The summed E-state index contributed by atoms with van der Waals surface area (Å²) in [6.45, 7) is 8.20. The number of fused-ring (bicyclic) bond motifs is 1. The Kier molecular flexibility index (Phi) is 4.66. The molecule has 164 valence electrons. The van der Waals surface area contributed by atoms with Gasteiger partial charge in [0.25, 0.3) is 0 Å². The number of carbonyl (C=O) groups excluding carboxylic acids is 1. The molecule has 0 amide bonds. The van der Waals surface area contributed by atoms with Crippen LogP contribution in [0.1, 0.15) is 51.3 Å². The third kappa shape index (κ3) is 3.04. The van der Waals surface area contributed by atoms with Gasteiger partial charge in [0.2, 0.25) is 0 Å². The van der Waals surface area contributed by atoms with Gasteiger partial charge < -0.3 is 5.32 Å². The normalized spacial score (nSPS) is 25.8. The van der Waals surface area contributed by atoms with Crippen LogP contribution in [0.15, 0.2) is 69.8 Å². The van der Waals surface area contributed by atoms with E-state index in [9.17, 15) is 9.18 Å². The first kappa shape index (κ1) is 20.7. The second-order valence-corrected chi connectivity index (χ2v) is 9.80. The Morgan fingerprint density at radius 3 is 2.81 bits per heavy atom. The van der Waals surface area contributed by atoms with Gasteiger partial charge in [0.15, 0.2) is 11.9 Å². The summed E-state index contributed by atoms with van der Waals surface area (Å²) in [7, 11) is 0. The van der Waals surface area contributed by atoms with Gasteiger partial charge in [0, 0.05) is 34.5 Å². The summed E-state index contributed by atoms with van der Waals surface area (Å²) >= 11 is 0. The lowest BCUT2D eigenvalue weighted by Gasteiger charge is -2.47. The van der Waals surface area contributed by atoms with E-state index >= 15 is 0 Å². The van der Waals surface area contributed by atoms with Crippen LogP contribution in [-0.2, 0) is 10.2 Å². The molecule has 1 aromatic carbocycles. The van der Waals surface area contributed by atoms with E-state index in [4.69, 9.17) is 0 Å². The summed E-state index contributed by atoms with van der Waals surface area (Å²) in [5.74, 6) is -0.199. The summed E-state index contributed by atoms with van der Waals surface area (Å²) in [6.07, 6.45) is 4.75. The van der Waals surface area contributed by atoms with Crippen LogP contribution in [0.2, 0.25) is 0 Å². The van der Waals surface area contributed by atoms with Crippen molar-refractivity contribution in [3.8, 4) is 11.1 Å². The minimum atomic E-state index is -0.642. The number of aromatic nitrogens is 1. The third-order valence-electron chi connectivity index (χ3n) is 6.97. The van der Waals surface area contributed by atoms with E-state index in [0.29, 0.717) is 18.4 Å². The highest BCUT2D eigenvalue weighted by atomic mass is 19.1. The lowest BCUT2D eigenvalue weighted by Crippen LogP contribution is -2.51. The lowest BCUT2D eigenvalue weighted by molar-refractivity contribution is -0.119. The highest BCUT2D eigenvalue weighted by Crippen LogP contribution is 2.54. The van der Waals surface area contributed by atoms with Crippen molar-refractivity contribution in [2.24, 2.45) is 15.6 Å². The molecule has 32 heavy (non-hydrogen) atoms. The predicted octanol–water partition coefficient (Wildman–Crippen LogP) is 5.77. The fourth-order valence-electron chi connectivity index (χ4n) is 5.61. The first-order valence-corrected chi connectivity index (χ1v) is 11.1. The van der Waals surface area contributed by atoms with Gasteiger partial charge in [-0.2, -0.15) is 10.2 Å². The number of allylic oxidation sites excluding steroid dienone is 2. The second-order valence-electron chi connectivity index (χ2n) is 9.80. The summed E-state index contributed by atoms with van der Waals surface area (Å²) < 4.78 is 14.7. The van der Waals surface area contributed by atoms with E-state index in [2.05, 4.69) is 41.3 Å². The Labute approximate surface area is 187 Å². The van der Waals surface area contributed by atoms with E-state index in [0.717, 1.165) is 40.1 Å². The Morgan fingerprint density at radius 1 is 1.22 bits per heavy atom. The Balaban J connectivity index is 1.74. The summed E-state index contributed by atoms with van der Waals surface area (Å²) in [5.41, 5.74) is 5.01. The Morgan fingerprint density at radius 2 is 2.03 bits per heavy atom. The van der Waals surface area contributed by atoms with Gasteiger partial charge in [0.1, 0.15) is 5.82 Å². The smallest absolute Gasteiger partial charge is 0.164 e. The summed E-state index contributed by atoms with van der Waals surface area (Å²) in [6, 6.07) is 9.66. The number of nitrogens with zero attached hydrogens (tertiary/aromatic N) is 3. The molecule has 0 bridgehead atoms. The number of benzene rings is 1. The van der Waals surface area contributed by atoms with Gasteiger partial charge in [-0.15, -0.1) is 0 Å². The molecule has 1 unspecified atom stereocenters. The highest BCUT2D eigenvalue weighted by Gasteiger charge is 2.52. The maximum Gasteiger partial charge on any atom is 0.164 e. The van der Waals surface area contributed by atoms with Crippen LogP contribution in [0.3, 0.4) is 0 Å². The number of aryl methyl sites for hydroxylation is 1. The average molecular weight is 431 g/mol. The summed E-state index contributed by atoms with van der Waals surface area (Å²) in [5, 5.41) is 12.1.